The van der Waals surface area contributed by atoms with Crippen molar-refractivity contribution in [2.45, 2.75) is 19.5 Å². The lowest BCUT2D eigenvalue weighted by molar-refractivity contribution is 0.566. The molecule has 1 unspecified atom stereocenters. The summed E-state index contributed by atoms with van der Waals surface area (Å²) in [6.07, 6.45) is 3.34. The average Bonchev–Trinajstić information content (AvgIpc) is 3.18. The molecule has 102 valence electrons. The van der Waals surface area contributed by atoms with E-state index < -0.39 is 0 Å². The molecule has 2 aromatic heterocycles. The summed E-state index contributed by atoms with van der Waals surface area (Å²) in [6, 6.07) is 10.3. The monoisotopic (exact) mass is 269 g/mol. The van der Waals surface area contributed by atoms with Gasteiger partial charge in [0, 0.05) is 24.5 Å². The summed E-state index contributed by atoms with van der Waals surface area (Å²) in [5, 5.41) is 21.5. The second-order valence-electron chi connectivity index (χ2n) is 4.53. The van der Waals surface area contributed by atoms with Gasteiger partial charge < -0.3 is 5.32 Å². The number of aromatic amines is 1. The molecule has 0 fully saturated rings. The third-order valence-corrected chi connectivity index (χ3v) is 3.14. The maximum Gasteiger partial charge on any atom is 0.143 e. The number of benzene rings is 1. The van der Waals surface area contributed by atoms with Gasteiger partial charge in [0.25, 0.3) is 0 Å². The van der Waals surface area contributed by atoms with Crippen LogP contribution in [-0.2, 0) is 6.54 Å². The van der Waals surface area contributed by atoms with E-state index >= 15 is 0 Å². The standard InChI is InChI=1S/C13H15N7/c1-10(14-8-12-5-6-15-17-12)11-3-2-4-13(7-11)20-9-16-18-19-20/h2-7,9-10,14H,8H2,1H3,(H,15,17). The highest BCUT2D eigenvalue weighted by atomic mass is 15.5. The van der Waals surface area contributed by atoms with Gasteiger partial charge in [-0.3, -0.25) is 5.10 Å². The third kappa shape index (κ3) is 2.72. The fourth-order valence-corrected chi connectivity index (χ4v) is 1.98. The van der Waals surface area contributed by atoms with E-state index in [0.717, 1.165) is 17.9 Å². The van der Waals surface area contributed by atoms with Gasteiger partial charge >= 0.3 is 0 Å². The molecule has 0 aliphatic rings. The molecule has 0 saturated carbocycles. The highest BCUT2D eigenvalue weighted by molar-refractivity contribution is 5.35. The highest BCUT2D eigenvalue weighted by Gasteiger charge is 2.07. The van der Waals surface area contributed by atoms with Gasteiger partial charge in [-0.2, -0.15) is 5.10 Å². The predicted molar refractivity (Wildman–Crippen MR) is 73.0 cm³/mol. The predicted octanol–water partition coefficient (Wildman–Crippen LogP) is 1.24. The number of hydrogen-bond donors (Lipinski definition) is 2. The minimum Gasteiger partial charge on any atom is -0.305 e. The number of rotatable bonds is 5. The zero-order valence-corrected chi connectivity index (χ0v) is 11.1. The van der Waals surface area contributed by atoms with Crippen molar-refractivity contribution in [3.8, 4) is 5.69 Å². The normalized spacial score (nSPS) is 12.4. The molecular weight excluding hydrogens is 254 g/mol. The van der Waals surface area contributed by atoms with E-state index in [1.165, 1.54) is 5.56 Å². The molecule has 3 aromatic rings. The van der Waals surface area contributed by atoms with Crippen molar-refractivity contribution in [3.63, 3.8) is 0 Å². The summed E-state index contributed by atoms with van der Waals surface area (Å²) in [4.78, 5) is 0. The Kier molecular flexibility index (Phi) is 3.51. The SMILES string of the molecule is CC(NCc1ccn[nH]1)c1cccc(-n2cnnn2)c1. The lowest BCUT2D eigenvalue weighted by atomic mass is 10.1. The van der Waals surface area contributed by atoms with Gasteiger partial charge in [-0.25, -0.2) is 4.68 Å². The first kappa shape index (κ1) is 12.5. The van der Waals surface area contributed by atoms with Crippen LogP contribution in [0, 0.1) is 0 Å². The largest absolute Gasteiger partial charge is 0.305 e. The van der Waals surface area contributed by atoms with Crippen LogP contribution in [-0.4, -0.2) is 30.4 Å². The number of aromatic nitrogens is 6. The minimum atomic E-state index is 0.217. The Morgan fingerprint density at radius 3 is 3.05 bits per heavy atom. The van der Waals surface area contributed by atoms with E-state index in [9.17, 15) is 0 Å². The molecule has 2 heterocycles. The van der Waals surface area contributed by atoms with Crippen LogP contribution >= 0.6 is 0 Å². The molecule has 1 atom stereocenters. The molecular formula is C13H15N7. The Hall–Kier alpha value is -2.54. The molecule has 0 aliphatic carbocycles. The molecule has 1 aromatic carbocycles. The quantitative estimate of drug-likeness (QED) is 0.728. The lowest BCUT2D eigenvalue weighted by Gasteiger charge is -2.14. The molecule has 2 N–H and O–H groups in total. The van der Waals surface area contributed by atoms with Gasteiger partial charge in [-0.05, 0) is 41.1 Å². The Bertz CT molecular complexity index is 645. The van der Waals surface area contributed by atoms with Crippen LogP contribution in [0.1, 0.15) is 24.2 Å². The van der Waals surface area contributed by atoms with Gasteiger partial charge in [0.15, 0.2) is 0 Å². The van der Waals surface area contributed by atoms with Crippen molar-refractivity contribution >= 4 is 0 Å². The summed E-state index contributed by atoms with van der Waals surface area (Å²) in [7, 11) is 0. The van der Waals surface area contributed by atoms with Gasteiger partial charge in [-0.15, -0.1) is 5.10 Å². The van der Waals surface area contributed by atoms with E-state index in [2.05, 4.69) is 50.1 Å². The third-order valence-electron chi connectivity index (χ3n) is 3.14. The van der Waals surface area contributed by atoms with Crippen LogP contribution in [0.25, 0.3) is 5.69 Å². The summed E-state index contributed by atoms with van der Waals surface area (Å²) in [5.74, 6) is 0. The zero-order chi connectivity index (χ0) is 13.8. The molecule has 20 heavy (non-hydrogen) atoms. The summed E-state index contributed by atoms with van der Waals surface area (Å²) in [6.45, 7) is 2.87. The molecule has 0 amide bonds. The van der Waals surface area contributed by atoms with Crippen LogP contribution < -0.4 is 5.32 Å². The molecule has 7 heteroatoms. The molecule has 7 nitrogen and oxygen atoms in total. The molecule has 0 bridgehead atoms. The number of tetrazole rings is 1. The van der Waals surface area contributed by atoms with Crippen molar-refractivity contribution in [1.82, 2.24) is 35.7 Å². The number of nitrogens with one attached hydrogen (secondary N) is 2. The smallest absolute Gasteiger partial charge is 0.143 e. The fourth-order valence-electron chi connectivity index (χ4n) is 1.98. The number of hydrogen-bond acceptors (Lipinski definition) is 5. The maximum atomic E-state index is 3.93. The van der Waals surface area contributed by atoms with E-state index in [1.807, 2.05) is 18.2 Å². The van der Waals surface area contributed by atoms with Crippen LogP contribution in [0.2, 0.25) is 0 Å². The molecule has 0 radical (unpaired) electrons. The van der Waals surface area contributed by atoms with Crippen LogP contribution in [0.4, 0.5) is 0 Å². The Labute approximate surface area is 116 Å². The van der Waals surface area contributed by atoms with Gasteiger partial charge in [0.05, 0.1) is 5.69 Å². The van der Waals surface area contributed by atoms with Gasteiger partial charge in [0.2, 0.25) is 0 Å². The summed E-state index contributed by atoms with van der Waals surface area (Å²) in [5.41, 5.74) is 3.19. The van der Waals surface area contributed by atoms with Gasteiger partial charge in [0.1, 0.15) is 6.33 Å². The molecule has 0 saturated heterocycles. The molecule has 0 aliphatic heterocycles. The van der Waals surface area contributed by atoms with Crippen LogP contribution in [0.5, 0.6) is 0 Å². The van der Waals surface area contributed by atoms with Crippen LogP contribution in [0.15, 0.2) is 42.9 Å². The average molecular weight is 269 g/mol. The second-order valence-corrected chi connectivity index (χ2v) is 4.53. The first-order valence-electron chi connectivity index (χ1n) is 6.38. The van der Waals surface area contributed by atoms with Crippen molar-refractivity contribution in [2.75, 3.05) is 0 Å². The van der Waals surface area contributed by atoms with Crippen molar-refractivity contribution in [2.24, 2.45) is 0 Å². The minimum absolute atomic E-state index is 0.217. The van der Waals surface area contributed by atoms with Gasteiger partial charge in [-0.1, -0.05) is 12.1 Å². The van der Waals surface area contributed by atoms with Crippen LogP contribution in [0.3, 0.4) is 0 Å². The number of nitrogens with zero attached hydrogens (tertiary/aromatic N) is 5. The second kappa shape index (κ2) is 5.62. The first-order chi connectivity index (χ1) is 9.83. The number of H-pyrrole nitrogens is 1. The van der Waals surface area contributed by atoms with E-state index in [1.54, 1.807) is 17.2 Å². The topological polar surface area (TPSA) is 84.3 Å². The fraction of sp³-hybridized carbons (Fsp3) is 0.231. The first-order valence-corrected chi connectivity index (χ1v) is 6.38. The van der Waals surface area contributed by atoms with Crippen molar-refractivity contribution in [1.29, 1.82) is 0 Å². The lowest BCUT2D eigenvalue weighted by Crippen LogP contribution is -2.18. The highest BCUT2D eigenvalue weighted by Crippen LogP contribution is 2.16. The Morgan fingerprint density at radius 2 is 2.30 bits per heavy atom. The maximum absolute atomic E-state index is 3.93. The van der Waals surface area contributed by atoms with Crippen molar-refractivity contribution < 1.29 is 0 Å². The van der Waals surface area contributed by atoms with E-state index in [4.69, 9.17) is 0 Å². The van der Waals surface area contributed by atoms with E-state index in [0.29, 0.717) is 0 Å². The van der Waals surface area contributed by atoms with E-state index in [-0.39, 0.29) is 6.04 Å². The molecule has 0 spiro atoms. The summed E-state index contributed by atoms with van der Waals surface area (Å²) < 4.78 is 1.64. The Morgan fingerprint density at radius 1 is 1.35 bits per heavy atom. The molecule has 3 rings (SSSR count). The summed E-state index contributed by atoms with van der Waals surface area (Å²) >= 11 is 0. The zero-order valence-electron chi connectivity index (χ0n) is 11.1. The van der Waals surface area contributed by atoms with Crippen molar-refractivity contribution in [3.05, 3.63) is 54.1 Å². The Balaban J connectivity index is 1.71.